The van der Waals surface area contributed by atoms with Gasteiger partial charge < -0.3 is 15.0 Å². The van der Waals surface area contributed by atoms with Crippen LogP contribution in [0.15, 0.2) is 12.5 Å². The lowest BCUT2D eigenvalue weighted by Crippen LogP contribution is -2.56. The third kappa shape index (κ3) is 2.84. The van der Waals surface area contributed by atoms with Gasteiger partial charge in [0.2, 0.25) is 0 Å². The summed E-state index contributed by atoms with van der Waals surface area (Å²) in [6.07, 6.45) is 6.03. The first-order chi connectivity index (χ1) is 15.4. The van der Waals surface area contributed by atoms with Crippen molar-refractivity contribution in [2.24, 2.45) is 0 Å². The van der Waals surface area contributed by atoms with Crippen LogP contribution in [0, 0.1) is 20.8 Å². The number of nitrogens with one attached hydrogen (secondary N) is 2. The van der Waals surface area contributed by atoms with Crippen LogP contribution in [0.2, 0.25) is 0 Å². The maximum absolute atomic E-state index is 6.16. The summed E-state index contributed by atoms with van der Waals surface area (Å²) in [5.41, 5.74) is 8.79. The maximum atomic E-state index is 6.16. The molecule has 1 spiro atoms. The van der Waals surface area contributed by atoms with Crippen molar-refractivity contribution in [3.05, 3.63) is 39.7 Å². The minimum absolute atomic E-state index is 0.0704. The zero-order valence-corrected chi connectivity index (χ0v) is 20.3. The van der Waals surface area contributed by atoms with Crippen LogP contribution in [0.3, 0.4) is 0 Å². The molecule has 2 fully saturated rings. The minimum atomic E-state index is 0.0704. The molecule has 0 bridgehead atoms. The fourth-order valence-electron chi connectivity index (χ4n) is 5.88. The van der Waals surface area contributed by atoms with Gasteiger partial charge in [0.05, 0.1) is 17.9 Å². The van der Waals surface area contributed by atoms with Gasteiger partial charge in [0.25, 0.3) is 0 Å². The van der Waals surface area contributed by atoms with Gasteiger partial charge in [-0.1, -0.05) is 13.8 Å². The molecule has 168 valence electrons. The maximum Gasteiger partial charge on any atom is 0.158 e. The summed E-state index contributed by atoms with van der Waals surface area (Å²) < 4.78 is 8.07. The Labute approximate surface area is 192 Å². The predicted molar refractivity (Wildman–Crippen MR) is 130 cm³/mol. The van der Waals surface area contributed by atoms with Gasteiger partial charge >= 0.3 is 0 Å². The van der Waals surface area contributed by atoms with E-state index in [1.807, 2.05) is 15.9 Å². The first-order valence-electron chi connectivity index (χ1n) is 11.7. The van der Waals surface area contributed by atoms with Gasteiger partial charge in [-0.25, -0.2) is 9.50 Å². The minimum Gasteiger partial charge on any atom is -0.372 e. The Morgan fingerprint density at radius 1 is 1.19 bits per heavy atom. The lowest BCUT2D eigenvalue weighted by atomic mass is 9.69. The van der Waals surface area contributed by atoms with Crippen LogP contribution < -0.4 is 5.32 Å². The molecule has 0 radical (unpaired) electrons. The molecule has 0 aromatic carbocycles. The molecule has 4 aromatic heterocycles. The van der Waals surface area contributed by atoms with Gasteiger partial charge in [-0.05, 0) is 67.7 Å². The Bertz CT molecular complexity index is 1330. The quantitative estimate of drug-likeness (QED) is 0.450. The molecular weight excluding hydrogens is 418 g/mol. The van der Waals surface area contributed by atoms with Crippen LogP contribution >= 0.6 is 11.3 Å². The van der Waals surface area contributed by atoms with E-state index in [1.54, 1.807) is 11.2 Å². The highest BCUT2D eigenvalue weighted by Crippen LogP contribution is 2.53. The molecule has 2 N–H and O–H groups in total. The first kappa shape index (κ1) is 20.4. The molecule has 32 heavy (non-hydrogen) atoms. The average molecular weight is 450 g/mol. The third-order valence-corrected chi connectivity index (χ3v) is 9.05. The summed E-state index contributed by atoms with van der Waals surface area (Å²) in [5.74, 6) is 1.03. The van der Waals surface area contributed by atoms with E-state index in [4.69, 9.17) is 4.74 Å². The van der Waals surface area contributed by atoms with Crippen molar-refractivity contribution in [1.82, 2.24) is 24.9 Å². The number of thiophene rings is 1. The second kappa shape index (κ2) is 7.14. The largest absolute Gasteiger partial charge is 0.372 e. The van der Waals surface area contributed by atoms with Crippen molar-refractivity contribution < 1.29 is 4.74 Å². The summed E-state index contributed by atoms with van der Waals surface area (Å²) in [4.78, 5) is 11.1. The van der Waals surface area contributed by atoms with Gasteiger partial charge in [-0.15, -0.1) is 11.3 Å². The van der Waals surface area contributed by atoms with E-state index in [2.05, 4.69) is 61.2 Å². The van der Waals surface area contributed by atoms with Gasteiger partial charge in [0.15, 0.2) is 5.65 Å². The molecule has 1 aliphatic carbocycles. The van der Waals surface area contributed by atoms with E-state index < -0.39 is 0 Å². The molecular formula is C25H31N5OS. The molecule has 1 saturated carbocycles. The smallest absolute Gasteiger partial charge is 0.158 e. The second-order valence-electron chi connectivity index (χ2n) is 10.00. The SMILES string of the molecule is Cc1c(-c2[nH]c3sc([C@H]4C[C@]5(CNCCO5)C4)c(C)c3c2C(C)C)cn2ncnc2c1C. The number of fused-ring (bicyclic) bond motifs is 2. The summed E-state index contributed by atoms with van der Waals surface area (Å²) in [7, 11) is 0. The van der Waals surface area contributed by atoms with Crippen molar-refractivity contribution in [2.75, 3.05) is 19.7 Å². The van der Waals surface area contributed by atoms with Crippen molar-refractivity contribution in [3.63, 3.8) is 0 Å². The highest BCUT2D eigenvalue weighted by atomic mass is 32.1. The number of H-pyrrole nitrogens is 1. The Morgan fingerprint density at radius 2 is 2.00 bits per heavy atom. The molecule has 4 aromatic rings. The summed E-state index contributed by atoms with van der Waals surface area (Å²) in [6, 6.07) is 0. The van der Waals surface area contributed by atoms with Crippen molar-refractivity contribution in [3.8, 4) is 11.3 Å². The monoisotopic (exact) mass is 449 g/mol. The van der Waals surface area contributed by atoms with Crippen molar-refractivity contribution in [2.45, 2.75) is 64.9 Å². The fourth-order valence-corrected chi connectivity index (χ4v) is 7.20. The van der Waals surface area contributed by atoms with Crippen LogP contribution in [0.5, 0.6) is 0 Å². The predicted octanol–water partition coefficient (Wildman–Crippen LogP) is 5.22. The number of hydrogen-bond acceptors (Lipinski definition) is 5. The molecule has 1 saturated heterocycles. The number of nitrogens with zero attached hydrogens (tertiary/aromatic N) is 3. The zero-order chi connectivity index (χ0) is 22.2. The first-order valence-corrected chi connectivity index (χ1v) is 12.5. The van der Waals surface area contributed by atoms with E-state index in [-0.39, 0.29) is 5.60 Å². The standard InChI is InChI=1S/C25H31N5OS/c1-13(2)19-20-16(5)22(17-8-25(9-17)11-26-6-7-31-25)32-24(20)29-21(19)18-10-30-23(27-12-28-30)15(4)14(18)3/h10,12-13,17,26,29H,6-9,11H2,1-5H3/t17-,25+. The molecule has 6 rings (SSSR count). The molecule has 2 aliphatic rings. The van der Waals surface area contributed by atoms with Crippen molar-refractivity contribution in [1.29, 1.82) is 0 Å². The van der Waals surface area contributed by atoms with Crippen molar-refractivity contribution >= 4 is 27.2 Å². The number of pyridine rings is 1. The second-order valence-corrected chi connectivity index (χ2v) is 11.1. The Hall–Kier alpha value is -2.22. The van der Waals surface area contributed by atoms with Gasteiger partial charge in [-0.2, -0.15) is 5.10 Å². The molecule has 1 aliphatic heterocycles. The number of aromatic amines is 1. The zero-order valence-electron chi connectivity index (χ0n) is 19.5. The lowest BCUT2D eigenvalue weighted by Gasteiger charge is -2.49. The van der Waals surface area contributed by atoms with Gasteiger partial charge in [-0.3, -0.25) is 0 Å². The Balaban J connectivity index is 1.45. The summed E-state index contributed by atoms with van der Waals surface area (Å²) in [5, 5.41) is 9.36. The normalized spacial score (nSPS) is 23.6. The number of aryl methyl sites for hydroxylation is 2. The van der Waals surface area contributed by atoms with E-state index in [0.717, 1.165) is 38.2 Å². The fraction of sp³-hybridized carbons (Fsp3) is 0.520. The summed E-state index contributed by atoms with van der Waals surface area (Å²) in [6.45, 7) is 14.1. The van der Waals surface area contributed by atoms with Crippen LogP contribution in [0.1, 0.15) is 65.7 Å². The van der Waals surface area contributed by atoms with E-state index in [1.165, 1.54) is 43.7 Å². The van der Waals surface area contributed by atoms with Crippen LogP contribution in [-0.4, -0.2) is 44.9 Å². The number of morpholine rings is 1. The molecule has 5 heterocycles. The van der Waals surface area contributed by atoms with Gasteiger partial charge in [0.1, 0.15) is 11.2 Å². The lowest BCUT2D eigenvalue weighted by molar-refractivity contribution is -0.125. The van der Waals surface area contributed by atoms with E-state index in [9.17, 15) is 0 Å². The average Bonchev–Trinajstić information content (AvgIpc) is 3.44. The highest BCUT2D eigenvalue weighted by Gasteiger charge is 2.48. The Kier molecular flexibility index (Phi) is 4.55. The topological polar surface area (TPSA) is 67.2 Å². The molecule has 6 nitrogen and oxygen atoms in total. The number of aromatic nitrogens is 4. The van der Waals surface area contributed by atoms with Crippen LogP contribution in [-0.2, 0) is 4.74 Å². The number of ether oxygens (including phenoxy) is 1. The van der Waals surface area contributed by atoms with Crippen LogP contribution in [0.25, 0.3) is 27.1 Å². The summed E-state index contributed by atoms with van der Waals surface area (Å²) >= 11 is 1.95. The highest BCUT2D eigenvalue weighted by molar-refractivity contribution is 7.19. The Morgan fingerprint density at radius 3 is 2.72 bits per heavy atom. The molecule has 0 amide bonds. The third-order valence-electron chi connectivity index (χ3n) is 7.68. The molecule has 0 atom stereocenters. The number of hydrogen-bond donors (Lipinski definition) is 2. The van der Waals surface area contributed by atoms with E-state index in [0.29, 0.717) is 11.8 Å². The molecule has 7 heteroatoms. The van der Waals surface area contributed by atoms with Gasteiger partial charge in [0, 0.05) is 35.1 Å². The number of rotatable bonds is 3. The van der Waals surface area contributed by atoms with Crippen LogP contribution in [0.4, 0.5) is 0 Å². The van der Waals surface area contributed by atoms with E-state index >= 15 is 0 Å². The molecule has 0 unspecified atom stereocenters.